The predicted octanol–water partition coefficient (Wildman–Crippen LogP) is 6.40. The number of rotatable bonds is 30. The van der Waals surface area contributed by atoms with Gasteiger partial charge in [0.05, 0.1) is 51.5 Å². The number of carboxylic acid groups (broad SMARTS) is 1. The first-order valence-electron chi connectivity index (χ1n) is 23.5. The van der Waals surface area contributed by atoms with Gasteiger partial charge in [-0.15, -0.1) is 0 Å². The molecule has 4 amide bonds. The van der Waals surface area contributed by atoms with Crippen molar-refractivity contribution in [2.75, 3.05) is 119 Å². The Balaban J connectivity index is -0.000000863. The first-order chi connectivity index (χ1) is 34.0. The van der Waals surface area contributed by atoms with E-state index in [1.165, 1.54) is 56.1 Å². The van der Waals surface area contributed by atoms with Crippen molar-refractivity contribution in [3.8, 4) is 0 Å². The van der Waals surface area contributed by atoms with Crippen LogP contribution in [0.1, 0.15) is 92.2 Å². The van der Waals surface area contributed by atoms with Gasteiger partial charge in [0.1, 0.15) is 17.4 Å². The van der Waals surface area contributed by atoms with Gasteiger partial charge in [0.15, 0.2) is 6.79 Å². The topological polar surface area (TPSA) is 254 Å². The van der Waals surface area contributed by atoms with Crippen LogP contribution in [0.25, 0.3) is 0 Å². The third-order valence-electron chi connectivity index (χ3n) is 9.32. The number of hydrogen-bond donors (Lipinski definition) is 5. The average molecular weight is 1030 g/mol. The molecule has 0 heterocycles. The number of esters is 1. The van der Waals surface area contributed by atoms with Gasteiger partial charge in [0.25, 0.3) is 0 Å². The zero-order valence-electron chi connectivity index (χ0n) is 45.6. The highest BCUT2D eigenvalue weighted by Crippen LogP contribution is 2.20. The number of aliphatic carboxylic acids is 1. The third-order valence-corrected chi connectivity index (χ3v) is 9.32. The van der Waals surface area contributed by atoms with Crippen LogP contribution in [0.3, 0.4) is 0 Å². The van der Waals surface area contributed by atoms with Crippen LogP contribution < -0.4 is 21.3 Å². The molecule has 0 saturated heterocycles. The zero-order chi connectivity index (χ0) is 55.4. The molecule has 1 unspecified atom stereocenters. The molecule has 5 N–H and O–H groups in total. The lowest BCUT2D eigenvalue weighted by Gasteiger charge is -2.25. The molecule has 2 rings (SSSR count). The van der Waals surface area contributed by atoms with Crippen molar-refractivity contribution in [3.05, 3.63) is 72.0 Å². The Kier molecular flexibility index (Phi) is 43.5. The molecule has 0 spiro atoms. The van der Waals surface area contributed by atoms with Crippen molar-refractivity contribution in [2.24, 2.45) is 10.8 Å². The highest BCUT2D eigenvalue weighted by atomic mass is 16.7. The van der Waals surface area contributed by atoms with E-state index in [2.05, 4.69) is 27.8 Å². The summed E-state index contributed by atoms with van der Waals surface area (Å²) in [6, 6.07) is 15.5. The van der Waals surface area contributed by atoms with Gasteiger partial charge < -0.3 is 69.0 Å². The molecule has 1 atom stereocenters. The molecule has 0 saturated carbocycles. The van der Waals surface area contributed by atoms with E-state index in [0.29, 0.717) is 12.4 Å². The van der Waals surface area contributed by atoms with Crippen molar-refractivity contribution in [3.63, 3.8) is 0 Å². The third kappa shape index (κ3) is 41.2. The van der Waals surface area contributed by atoms with Crippen LogP contribution in [0.4, 0.5) is 11.4 Å². The number of carbonyl (C=O) groups is 6. The van der Waals surface area contributed by atoms with Gasteiger partial charge >= 0.3 is 11.9 Å². The fourth-order valence-corrected chi connectivity index (χ4v) is 5.66. The average Bonchev–Trinajstić information content (AvgIpc) is 3.30. The number of ether oxygens (including phenoxy) is 9. The monoisotopic (exact) mass is 1020 g/mol. The van der Waals surface area contributed by atoms with Crippen LogP contribution in [-0.2, 0) is 77.8 Å². The van der Waals surface area contributed by atoms with Crippen LogP contribution in [0.15, 0.2) is 60.9 Å². The molecule has 2 aromatic rings. The second kappa shape index (κ2) is 44.2. The van der Waals surface area contributed by atoms with Crippen LogP contribution in [0.2, 0.25) is 0 Å². The summed E-state index contributed by atoms with van der Waals surface area (Å²) >= 11 is 0. The normalized spacial score (nSPS) is 10.9. The molecular weight excluding hydrogens is 937 g/mol. The Bertz CT molecular complexity index is 1690. The number of methoxy groups -OCH3 is 6. The number of benzene rings is 2. The minimum absolute atomic E-state index is 0.0308. The van der Waals surface area contributed by atoms with Crippen molar-refractivity contribution in [2.45, 2.75) is 93.6 Å². The summed E-state index contributed by atoms with van der Waals surface area (Å²) in [5, 5.41) is 19.7. The van der Waals surface area contributed by atoms with Crippen molar-refractivity contribution in [1.82, 2.24) is 10.6 Å². The molecule has 0 aliphatic rings. The number of carbonyl (C=O) groups excluding carboxylic acids is 5. The standard InChI is InChI=1S/C17H18N2O2.C13H24O6.C10H20N2O2.C7H14O4.C5H12O2/c1-12(20)18-16-7-3-14(4-8-16)11-15-5-9-17(10-6-15)19-13(2)21;1-11(2)19-10-17-6-7-18-12(14)13(3,8-15-4)9-16-5;1-9(13)11-7-5-3-4-6-8-12-10(2)14;1-7(4-10-2,5-11-3)6(8)9;1-5(7-3)4-6-2/h3-10H,11H2,1-2H3,(H,18,20)(H,19,21);1,6-10H2,2-5H3;3-8H2,1-2H3,(H,11,13)(H,12,14);4-5H2,1-3H3,(H,8,9);5H,4H2,1-3H3. The van der Waals surface area contributed by atoms with Gasteiger partial charge in [-0.2, -0.15) is 0 Å². The van der Waals surface area contributed by atoms with Crippen LogP contribution >= 0.6 is 0 Å². The number of anilines is 2. The minimum atomic E-state index is -0.927. The number of hydrogen-bond acceptors (Lipinski definition) is 15. The summed E-state index contributed by atoms with van der Waals surface area (Å²) in [5.74, 6) is -0.786. The van der Waals surface area contributed by atoms with E-state index in [0.717, 1.165) is 67.7 Å². The van der Waals surface area contributed by atoms with Crippen LogP contribution in [0.5, 0.6) is 0 Å². The van der Waals surface area contributed by atoms with Gasteiger partial charge in [-0.1, -0.05) is 43.7 Å². The zero-order valence-corrected chi connectivity index (χ0v) is 45.6. The van der Waals surface area contributed by atoms with E-state index in [4.69, 9.17) is 47.7 Å². The number of amides is 4. The van der Waals surface area contributed by atoms with Crippen molar-refractivity contribution in [1.29, 1.82) is 0 Å². The van der Waals surface area contributed by atoms with Gasteiger partial charge in [-0.3, -0.25) is 28.8 Å². The quantitative estimate of drug-likeness (QED) is 0.0245. The SMILES string of the molecule is C=C(C)OCOCCOC(=O)C(C)(COC)COC.CC(=O)NCCCCCCNC(C)=O.CC(=O)Nc1ccc(Cc2ccc(NC(C)=O)cc2)cc1.COCC(C)(COC)C(=O)O.COCC(C)OC. The maximum absolute atomic E-state index is 11.9. The van der Waals surface area contributed by atoms with E-state index in [1.54, 1.807) is 35.0 Å². The summed E-state index contributed by atoms with van der Waals surface area (Å²) in [6.07, 6.45) is 5.25. The van der Waals surface area contributed by atoms with E-state index < -0.39 is 16.8 Å². The lowest BCUT2D eigenvalue weighted by Crippen LogP contribution is -2.39. The Labute approximate surface area is 428 Å². The number of allylic oxidation sites excluding steroid dienone is 1. The van der Waals surface area contributed by atoms with E-state index in [1.807, 2.05) is 55.5 Å². The predicted molar refractivity (Wildman–Crippen MR) is 278 cm³/mol. The lowest BCUT2D eigenvalue weighted by atomic mass is 9.93. The Morgan fingerprint density at radius 1 is 0.569 bits per heavy atom. The molecular formula is C52H88N4O16. The Morgan fingerprint density at radius 3 is 1.28 bits per heavy atom. The van der Waals surface area contributed by atoms with E-state index >= 15 is 0 Å². The Hall–Kier alpha value is -5.48. The summed E-state index contributed by atoms with van der Waals surface area (Å²) in [5.41, 5.74) is 2.19. The summed E-state index contributed by atoms with van der Waals surface area (Å²) in [4.78, 5) is 65.4. The molecule has 0 bridgehead atoms. The molecule has 0 radical (unpaired) electrons. The minimum Gasteiger partial charge on any atom is -0.481 e. The number of unbranched alkanes of at least 4 members (excludes halogenated alkanes) is 3. The fraction of sp³-hybridized carbons (Fsp3) is 0.615. The molecule has 72 heavy (non-hydrogen) atoms. The highest BCUT2D eigenvalue weighted by molar-refractivity contribution is 5.89. The Morgan fingerprint density at radius 2 is 0.972 bits per heavy atom. The van der Waals surface area contributed by atoms with Gasteiger partial charge in [0, 0.05) is 94.8 Å². The van der Waals surface area contributed by atoms with Gasteiger partial charge in [-0.05, 0) is 82.3 Å². The van der Waals surface area contributed by atoms with E-state index in [-0.39, 0.29) is 82.1 Å². The smallest absolute Gasteiger partial charge is 0.316 e. The molecule has 0 aliphatic carbocycles. The van der Waals surface area contributed by atoms with Crippen molar-refractivity contribution < 1.29 is 76.5 Å². The maximum Gasteiger partial charge on any atom is 0.316 e. The maximum atomic E-state index is 11.9. The van der Waals surface area contributed by atoms with Gasteiger partial charge in [-0.25, -0.2) is 0 Å². The molecule has 20 heteroatoms. The first-order valence-corrected chi connectivity index (χ1v) is 23.5. The lowest BCUT2D eigenvalue weighted by molar-refractivity contribution is -0.164. The summed E-state index contributed by atoms with van der Waals surface area (Å²) < 4.78 is 44.4. The highest BCUT2D eigenvalue weighted by Gasteiger charge is 2.35. The first kappa shape index (κ1) is 70.8. The summed E-state index contributed by atoms with van der Waals surface area (Å²) in [7, 11) is 9.32. The fourth-order valence-electron chi connectivity index (χ4n) is 5.66. The molecule has 20 nitrogen and oxygen atoms in total. The second-order valence-electron chi connectivity index (χ2n) is 17.0. The molecule has 412 valence electrons. The molecule has 0 aliphatic heterocycles. The number of carboxylic acids is 1. The second-order valence-corrected chi connectivity index (χ2v) is 17.0. The largest absolute Gasteiger partial charge is 0.481 e. The van der Waals surface area contributed by atoms with E-state index in [9.17, 15) is 28.8 Å². The number of nitrogens with one attached hydrogen (secondary N) is 4. The summed E-state index contributed by atoms with van der Waals surface area (Å²) in [6.45, 7) is 20.1. The molecule has 2 aromatic carbocycles. The van der Waals surface area contributed by atoms with Gasteiger partial charge in [0.2, 0.25) is 23.6 Å². The molecule has 0 aromatic heterocycles. The van der Waals surface area contributed by atoms with Crippen LogP contribution in [0, 0.1) is 10.8 Å². The molecule has 0 fully saturated rings. The van der Waals surface area contributed by atoms with Crippen LogP contribution in [-0.4, -0.2) is 156 Å². The van der Waals surface area contributed by atoms with Crippen molar-refractivity contribution >= 4 is 46.9 Å².